The van der Waals surface area contributed by atoms with Crippen LogP contribution in [0.25, 0.3) is 0 Å². The Balaban J connectivity index is 1.99. The highest BCUT2D eigenvalue weighted by atomic mass is 35.5. The summed E-state index contributed by atoms with van der Waals surface area (Å²) in [6, 6.07) is 13.5. The van der Waals surface area contributed by atoms with Crippen molar-refractivity contribution in [3.8, 4) is 0 Å². The van der Waals surface area contributed by atoms with E-state index in [1.165, 1.54) is 12.1 Å². The summed E-state index contributed by atoms with van der Waals surface area (Å²) in [6.07, 6.45) is 0.639. The van der Waals surface area contributed by atoms with Gasteiger partial charge in [0, 0.05) is 23.7 Å². The molecule has 0 saturated carbocycles. The van der Waals surface area contributed by atoms with E-state index in [0.29, 0.717) is 30.1 Å². The van der Waals surface area contributed by atoms with Gasteiger partial charge in [0.15, 0.2) is 0 Å². The molecule has 0 atom stereocenters. The first-order valence-corrected chi connectivity index (χ1v) is 10.3. The molecule has 0 spiro atoms. The van der Waals surface area contributed by atoms with E-state index >= 15 is 0 Å². The molecule has 2 aromatic rings. The maximum Gasteiger partial charge on any atom is 0.251 e. The lowest BCUT2D eigenvalue weighted by atomic mass is 10.1. The highest BCUT2D eigenvalue weighted by molar-refractivity contribution is 7.89. The van der Waals surface area contributed by atoms with Crippen molar-refractivity contribution in [2.24, 2.45) is 5.92 Å². The molecule has 0 aliphatic rings. The number of amides is 1. The fourth-order valence-electron chi connectivity index (χ4n) is 2.28. The molecule has 0 radical (unpaired) electrons. The van der Waals surface area contributed by atoms with Crippen molar-refractivity contribution >= 4 is 27.5 Å². The molecular formula is C19H23ClN2O3S. The number of rotatable bonds is 8. The van der Waals surface area contributed by atoms with Gasteiger partial charge in [-0.25, -0.2) is 13.1 Å². The number of hydrogen-bond acceptors (Lipinski definition) is 3. The Bertz CT molecular complexity index is 867. The van der Waals surface area contributed by atoms with Crippen molar-refractivity contribution in [2.75, 3.05) is 13.1 Å². The molecule has 2 rings (SSSR count). The van der Waals surface area contributed by atoms with E-state index in [1.807, 2.05) is 32.0 Å². The van der Waals surface area contributed by atoms with Crippen molar-refractivity contribution < 1.29 is 13.2 Å². The number of benzene rings is 2. The molecule has 26 heavy (non-hydrogen) atoms. The normalized spacial score (nSPS) is 11.5. The molecule has 0 bridgehead atoms. The van der Waals surface area contributed by atoms with E-state index in [0.717, 1.165) is 5.56 Å². The Morgan fingerprint density at radius 2 is 1.85 bits per heavy atom. The van der Waals surface area contributed by atoms with Crippen molar-refractivity contribution in [2.45, 2.75) is 25.2 Å². The van der Waals surface area contributed by atoms with E-state index in [4.69, 9.17) is 11.6 Å². The summed E-state index contributed by atoms with van der Waals surface area (Å²) in [6.45, 7) is 4.62. The molecule has 0 fully saturated rings. The van der Waals surface area contributed by atoms with E-state index in [9.17, 15) is 13.2 Å². The van der Waals surface area contributed by atoms with Gasteiger partial charge in [-0.15, -0.1) is 0 Å². The van der Waals surface area contributed by atoms with Crippen LogP contribution in [0.2, 0.25) is 5.02 Å². The number of hydrogen-bond donors (Lipinski definition) is 2. The summed E-state index contributed by atoms with van der Waals surface area (Å²) in [5.74, 6) is -0.115. The summed E-state index contributed by atoms with van der Waals surface area (Å²) < 4.78 is 27.1. The van der Waals surface area contributed by atoms with Crippen LogP contribution in [0.4, 0.5) is 0 Å². The minimum absolute atomic E-state index is 0.0839. The average molecular weight is 395 g/mol. The summed E-state index contributed by atoms with van der Waals surface area (Å²) in [5.41, 5.74) is 1.33. The lowest BCUT2D eigenvalue weighted by Gasteiger charge is -2.10. The van der Waals surface area contributed by atoms with E-state index < -0.39 is 10.0 Å². The minimum atomic E-state index is -3.62. The summed E-state index contributed by atoms with van der Waals surface area (Å²) in [4.78, 5) is 12.4. The Kier molecular flexibility index (Phi) is 7.20. The summed E-state index contributed by atoms with van der Waals surface area (Å²) in [7, 11) is -3.62. The van der Waals surface area contributed by atoms with Gasteiger partial charge in [0.05, 0.1) is 4.90 Å². The van der Waals surface area contributed by atoms with Crippen molar-refractivity contribution in [3.05, 3.63) is 64.7 Å². The molecule has 0 saturated heterocycles. The van der Waals surface area contributed by atoms with Crippen LogP contribution in [0, 0.1) is 5.92 Å². The maximum atomic E-state index is 12.3. The van der Waals surface area contributed by atoms with Crippen molar-refractivity contribution in [1.82, 2.24) is 10.0 Å². The third kappa shape index (κ3) is 6.12. The number of halogens is 1. The second-order valence-electron chi connectivity index (χ2n) is 6.41. The fraction of sp³-hybridized carbons (Fsp3) is 0.316. The molecule has 2 N–H and O–H groups in total. The SMILES string of the molecule is CC(C)CNS(=O)(=O)c1cccc(C(=O)NCCc2cccc(Cl)c2)c1. The smallest absolute Gasteiger partial charge is 0.251 e. The minimum Gasteiger partial charge on any atom is -0.352 e. The molecule has 140 valence electrons. The second kappa shape index (κ2) is 9.16. The first-order chi connectivity index (χ1) is 12.3. The molecular weight excluding hydrogens is 372 g/mol. The van der Waals surface area contributed by atoms with Crippen LogP contribution < -0.4 is 10.0 Å². The Labute approximate surface area is 159 Å². The van der Waals surface area contributed by atoms with E-state index in [-0.39, 0.29) is 16.7 Å². The average Bonchev–Trinajstić information content (AvgIpc) is 2.60. The molecule has 0 aromatic heterocycles. The zero-order chi connectivity index (χ0) is 19.2. The molecule has 2 aromatic carbocycles. The fourth-order valence-corrected chi connectivity index (χ4v) is 3.75. The largest absolute Gasteiger partial charge is 0.352 e. The number of nitrogens with one attached hydrogen (secondary N) is 2. The van der Waals surface area contributed by atoms with E-state index in [2.05, 4.69) is 10.0 Å². The molecule has 0 heterocycles. The molecule has 0 unspecified atom stereocenters. The maximum absolute atomic E-state index is 12.3. The van der Waals surface area contributed by atoms with Gasteiger partial charge in [0.2, 0.25) is 10.0 Å². The Morgan fingerprint density at radius 3 is 2.54 bits per heavy atom. The Hall–Kier alpha value is -1.89. The summed E-state index contributed by atoms with van der Waals surface area (Å²) >= 11 is 5.94. The predicted octanol–water partition coefficient (Wildman–Crippen LogP) is 3.25. The zero-order valence-electron chi connectivity index (χ0n) is 14.8. The quantitative estimate of drug-likeness (QED) is 0.721. The van der Waals surface area contributed by atoms with Crippen LogP contribution in [0.3, 0.4) is 0 Å². The zero-order valence-corrected chi connectivity index (χ0v) is 16.4. The third-order valence-corrected chi connectivity index (χ3v) is 5.33. The van der Waals surface area contributed by atoms with Crippen LogP contribution in [0.5, 0.6) is 0 Å². The lowest BCUT2D eigenvalue weighted by molar-refractivity contribution is 0.0954. The van der Waals surface area contributed by atoms with E-state index in [1.54, 1.807) is 18.2 Å². The van der Waals surface area contributed by atoms with Gasteiger partial charge in [0.25, 0.3) is 5.91 Å². The third-order valence-electron chi connectivity index (χ3n) is 3.68. The Morgan fingerprint density at radius 1 is 1.12 bits per heavy atom. The predicted molar refractivity (Wildman–Crippen MR) is 104 cm³/mol. The monoisotopic (exact) mass is 394 g/mol. The van der Waals surface area contributed by atoms with Crippen LogP contribution in [-0.2, 0) is 16.4 Å². The summed E-state index contributed by atoms with van der Waals surface area (Å²) in [5, 5.41) is 3.45. The molecule has 7 heteroatoms. The number of carbonyl (C=O) groups excluding carboxylic acids is 1. The molecule has 0 aliphatic heterocycles. The highest BCUT2D eigenvalue weighted by Gasteiger charge is 2.16. The second-order valence-corrected chi connectivity index (χ2v) is 8.61. The molecule has 5 nitrogen and oxygen atoms in total. The van der Waals surface area contributed by atoms with Gasteiger partial charge in [-0.1, -0.05) is 43.6 Å². The van der Waals surface area contributed by atoms with Crippen LogP contribution in [0.1, 0.15) is 29.8 Å². The van der Waals surface area contributed by atoms with Gasteiger partial charge >= 0.3 is 0 Å². The highest BCUT2D eigenvalue weighted by Crippen LogP contribution is 2.13. The van der Waals surface area contributed by atoms with Gasteiger partial charge in [0.1, 0.15) is 0 Å². The first kappa shape index (κ1) is 20.4. The molecule has 1 amide bonds. The van der Waals surface area contributed by atoms with Crippen molar-refractivity contribution in [1.29, 1.82) is 0 Å². The number of carbonyl (C=O) groups is 1. The van der Waals surface area contributed by atoms with Crippen LogP contribution in [0.15, 0.2) is 53.4 Å². The van der Waals surface area contributed by atoms with Gasteiger partial charge < -0.3 is 5.32 Å². The number of sulfonamides is 1. The lowest BCUT2D eigenvalue weighted by Crippen LogP contribution is -2.28. The van der Waals surface area contributed by atoms with Crippen LogP contribution >= 0.6 is 11.6 Å². The molecule has 0 aliphatic carbocycles. The standard InChI is InChI=1S/C19H23ClN2O3S/c1-14(2)13-22-26(24,25)18-8-4-6-16(12-18)19(23)21-10-9-15-5-3-7-17(20)11-15/h3-8,11-12,14,22H,9-10,13H2,1-2H3,(H,21,23). The van der Waals surface area contributed by atoms with Gasteiger partial charge in [-0.3, -0.25) is 4.79 Å². The van der Waals surface area contributed by atoms with Crippen molar-refractivity contribution in [3.63, 3.8) is 0 Å². The van der Waals surface area contributed by atoms with Crippen LogP contribution in [-0.4, -0.2) is 27.4 Å². The first-order valence-electron chi connectivity index (χ1n) is 8.40. The van der Waals surface area contributed by atoms with Gasteiger partial charge in [-0.05, 0) is 48.2 Å². The topological polar surface area (TPSA) is 75.3 Å². The van der Waals surface area contributed by atoms with Gasteiger partial charge in [-0.2, -0.15) is 0 Å².